The van der Waals surface area contributed by atoms with Crippen LogP contribution in [0.25, 0.3) is 5.69 Å². The molecule has 1 N–H and O–H groups in total. The van der Waals surface area contributed by atoms with Crippen molar-refractivity contribution in [1.82, 2.24) is 25.5 Å². The Kier molecular flexibility index (Phi) is 3.99. The number of nitrogens with zero attached hydrogens (tertiary/aromatic N) is 4. The van der Waals surface area contributed by atoms with Crippen molar-refractivity contribution < 1.29 is 14.3 Å². The fourth-order valence-electron chi connectivity index (χ4n) is 3.71. The van der Waals surface area contributed by atoms with Crippen molar-refractivity contribution in [3.63, 3.8) is 0 Å². The maximum atomic E-state index is 12.5. The Morgan fingerprint density at radius 3 is 2.96 bits per heavy atom. The third-order valence-electron chi connectivity index (χ3n) is 4.93. The standard InChI is InChI=1S/C16H19N5O3/c1-23-8-13-14(12-6-7-24-15(12)13)18-16(22)10-2-4-11(5-3-10)21-9-17-19-20-21/h2-5,9,12-15H,6-8H2,1H3,(H,18,22)/t12-,13+,14-,15-/m1/s1. The Morgan fingerprint density at radius 1 is 1.42 bits per heavy atom. The van der Waals surface area contributed by atoms with E-state index in [2.05, 4.69) is 20.8 Å². The second-order valence-corrected chi connectivity index (χ2v) is 6.21. The summed E-state index contributed by atoms with van der Waals surface area (Å²) < 4.78 is 12.6. The third kappa shape index (κ3) is 2.57. The van der Waals surface area contributed by atoms with Gasteiger partial charge in [-0.15, -0.1) is 5.10 Å². The van der Waals surface area contributed by atoms with E-state index >= 15 is 0 Å². The lowest BCUT2D eigenvalue weighted by Crippen LogP contribution is -2.62. The highest BCUT2D eigenvalue weighted by atomic mass is 16.5. The van der Waals surface area contributed by atoms with Crippen molar-refractivity contribution in [3.05, 3.63) is 36.2 Å². The zero-order valence-corrected chi connectivity index (χ0v) is 13.3. The molecule has 1 saturated carbocycles. The summed E-state index contributed by atoms with van der Waals surface area (Å²) in [4.78, 5) is 12.5. The van der Waals surface area contributed by atoms with Gasteiger partial charge in [0, 0.05) is 37.2 Å². The predicted octanol–water partition coefficient (Wildman–Crippen LogP) is 0.442. The molecule has 1 aromatic carbocycles. The molecule has 4 rings (SSSR count). The molecule has 0 unspecified atom stereocenters. The van der Waals surface area contributed by atoms with Crippen molar-refractivity contribution in [1.29, 1.82) is 0 Å². The first-order chi connectivity index (χ1) is 11.8. The number of hydrogen-bond donors (Lipinski definition) is 1. The number of rotatable bonds is 5. The molecule has 8 heteroatoms. The minimum atomic E-state index is -0.0743. The highest BCUT2D eigenvalue weighted by molar-refractivity contribution is 5.94. The van der Waals surface area contributed by atoms with Gasteiger partial charge in [0.2, 0.25) is 0 Å². The van der Waals surface area contributed by atoms with Crippen molar-refractivity contribution in [3.8, 4) is 5.69 Å². The largest absolute Gasteiger partial charge is 0.384 e. The monoisotopic (exact) mass is 329 g/mol. The highest BCUT2D eigenvalue weighted by Crippen LogP contribution is 2.43. The highest BCUT2D eigenvalue weighted by Gasteiger charge is 2.54. The molecule has 0 bridgehead atoms. The van der Waals surface area contributed by atoms with Crippen LogP contribution in [0.2, 0.25) is 0 Å². The first-order valence-corrected chi connectivity index (χ1v) is 8.03. The maximum Gasteiger partial charge on any atom is 0.251 e. The Bertz CT molecular complexity index is 703. The zero-order valence-electron chi connectivity index (χ0n) is 13.3. The van der Waals surface area contributed by atoms with Gasteiger partial charge >= 0.3 is 0 Å². The Balaban J connectivity index is 1.44. The molecule has 126 valence electrons. The summed E-state index contributed by atoms with van der Waals surface area (Å²) in [6, 6.07) is 7.31. The van der Waals surface area contributed by atoms with Gasteiger partial charge in [0.25, 0.3) is 5.91 Å². The van der Waals surface area contributed by atoms with Crippen LogP contribution in [-0.4, -0.2) is 58.6 Å². The molecule has 4 atom stereocenters. The second-order valence-electron chi connectivity index (χ2n) is 6.21. The Hall–Kier alpha value is -2.32. The van der Waals surface area contributed by atoms with Crippen molar-refractivity contribution in [2.75, 3.05) is 20.3 Å². The summed E-state index contributed by atoms with van der Waals surface area (Å²) in [5.74, 6) is 0.552. The lowest BCUT2D eigenvalue weighted by molar-refractivity contribution is -0.0809. The van der Waals surface area contributed by atoms with Crippen LogP contribution in [0.15, 0.2) is 30.6 Å². The number of aromatic nitrogens is 4. The number of tetrazole rings is 1. The Labute approximate surface area is 139 Å². The number of fused-ring (bicyclic) bond motifs is 1. The molecule has 1 amide bonds. The topological polar surface area (TPSA) is 91.2 Å². The van der Waals surface area contributed by atoms with Gasteiger partial charge < -0.3 is 14.8 Å². The van der Waals surface area contributed by atoms with Crippen LogP contribution in [0.1, 0.15) is 16.8 Å². The fourth-order valence-corrected chi connectivity index (χ4v) is 3.71. The van der Waals surface area contributed by atoms with Crippen molar-refractivity contribution in [2.24, 2.45) is 11.8 Å². The minimum absolute atomic E-state index is 0.0743. The number of nitrogens with one attached hydrogen (secondary N) is 1. The van der Waals surface area contributed by atoms with E-state index in [0.29, 0.717) is 18.1 Å². The quantitative estimate of drug-likeness (QED) is 0.856. The average molecular weight is 329 g/mol. The van der Waals surface area contributed by atoms with Crippen LogP contribution >= 0.6 is 0 Å². The number of hydrogen-bond acceptors (Lipinski definition) is 6. The SMILES string of the molecule is COC[C@H]1[C@H](NC(=O)c2ccc(-n3cnnn3)cc2)[C@H]2CCO[C@H]21. The zero-order chi connectivity index (χ0) is 16.5. The number of carbonyl (C=O) groups is 1. The molecule has 0 radical (unpaired) electrons. The lowest BCUT2D eigenvalue weighted by atomic mass is 9.67. The molecule has 2 aliphatic rings. The van der Waals surface area contributed by atoms with Crippen LogP contribution < -0.4 is 5.32 Å². The molecule has 2 heterocycles. The van der Waals surface area contributed by atoms with Gasteiger partial charge in [-0.25, -0.2) is 4.68 Å². The van der Waals surface area contributed by atoms with Crippen LogP contribution in [0, 0.1) is 11.8 Å². The summed E-state index contributed by atoms with van der Waals surface area (Å²) in [6.45, 7) is 1.37. The van der Waals surface area contributed by atoms with Gasteiger partial charge in [0.15, 0.2) is 0 Å². The van der Waals surface area contributed by atoms with Gasteiger partial charge in [0.1, 0.15) is 6.33 Å². The first kappa shape index (κ1) is 15.2. The van der Waals surface area contributed by atoms with Crippen molar-refractivity contribution >= 4 is 5.91 Å². The van der Waals surface area contributed by atoms with Crippen LogP contribution in [-0.2, 0) is 9.47 Å². The summed E-state index contributed by atoms with van der Waals surface area (Å²) >= 11 is 0. The number of amides is 1. The van der Waals surface area contributed by atoms with Crippen LogP contribution in [0.5, 0.6) is 0 Å². The molecular formula is C16H19N5O3. The van der Waals surface area contributed by atoms with E-state index < -0.39 is 0 Å². The molecule has 2 fully saturated rings. The molecule has 1 aliphatic heterocycles. The molecular weight excluding hydrogens is 310 g/mol. The summed E-state index contributed by atoms with van der Waals surface area (Å²) in [5, 5.41) is 14.2. The first-order valence-electron chi connectivity index (χ1n) is 8.03. The molecule has 24 heavy (non-hydrogen) atoms. The van der Waals surface area contributed by atoms with E-state index in [1.165, 1.54) is 6.33 Å². The van der Waals surface area contributed by atoms with E-state index in [1.54, 1.807) is 23.9 Å². The molecule has 0 spiro atoms. The number of ether oxygens (including phenoxy) is 2. The van der Waals surface area contributed by atoms with Gasteiger partial charge in [0.05, 0.1) is 18.4 Å². The Morgan fingerprint density at radius 2 is 2.25 bits per heavy atom. The van der Waals surface area contributed by atoms with E-state index in [-0.39, 0.29) is 24.0 Å². The number of methoxy groups -OCH3 is 1. The van der Waals surface area contributed by atoms with Gasteiger partial charge in [-0.05, 0) is 41.1 Å². The smallest absolute Gasteiger partial charge is 0.251 e. The second kappa shape index (κ2) is 6.29. The number of carbonyl (C=O) groups excluding carboxylic acids is 1. The molecule has 8 nitrogen and oxygen atoms in total. The molecule has 1 aromatic heterocycles. The summed E-state index contributed by atoms with van der Waals surface area (Å²) in [5.41, 5.74) is 1.42. The fraction of sp³-hybridized carbons (Fsp3) is 0.500. The predicted molar refractivity (Wildman–Crippen MR) is 83.6 cm³/mol. The minimum Gasteiger partial charge on any atom is -0.384 e. The van der Waals surface area contributed by atoms with Gasteiger partial charge in [-0.1, -0.05) is 0 Å². The summed E-state index contributed by atoms with van der Waals surface area (Å²) in [7, 11) is 1.68. The van der Waals surface area contributed by atoms with Crippen LogP contribution in [0.4, 0.5) is 0 Å². The molecule has 2 aromatic rings. The van der Waals surface area contributed by atoms with Crippen LogP contribution in [0.3, 0.4) is 0 Å². The summed E-state index contributed by atoms with van der Waals surface area (Å²) in [6.07, 6.45) is 2.73. The maximum absolute atomic E-state index is 12.5. The van der Waals surface area contributed by atoms with E-state index in [1.807, 2.05) is 12.1 Å². The third-order valence-corrected chi connectivity index (χ3v) is 4.93. The number of benzene rings is 1. The van der Waals surface area contributed by atoms with Gasteiger partial charge in [-0.3, -0.25) is 4.79 Å². The normalized spacial score (nSPS) is 28.2. The molecule has 1 saturated heterocycles. The van der Waals surface area contributed by atoms with Crippen molar-refractivity contribution in [2.45, 2.75) is 18.6 Å². The average Bonchev–Trinajstić information content (AvgIpc) is 3.28. The van der Waals surface area contributed by atoms with E-state index in [0.717, 1.165) is 18.7 Å². The van der Waals surface area contributed by atoms with E-state index in [4.69, 9.17) is 9.47 Å². The van der Waals surface area contributed by atoms with Gasteiger partial charge in [-0.2, -0.15) is 0 Å². The molecule has 1 aliphatic carbocycles. The lowest BCUT2D eigenvalue weighted by Gasteiger charge is -2.47. The van der Waals surface area contributed by atoms with E-state index in [9.17, 15) is 4.79 Å².